The van der Waals surface area contributed by atoms with Crippen LogP contribution in [0.3, 0.4) is 0 Å². The van der Waals surface area contributed by atoms with Crippen LogP contribution in [0.5, 0.6) is 0 Å². The first-order chi connectivity index (χ1) is 9.13. The third kappa shape index (κ3) is 4.54. The van der Waals surface area contributed by atoms with Gasteiger partial charge in [-0.1, -0.05) is 16.8 Å². The molecule has 0 atom stereocenters. The van der Waals surface area contributed by atoms with Crippen molar-refractivity contribution >= 4 is 29.1 Å². The second-order valence-electron chi connectivity index (χ2n) is 4.47. The van der Waals surface area contributed by atoms with Crippen molar-refractivity contribution < 1.29 is 9.63 Å². The first kappa shape index (κ1) is 13.8. The van der Waals surface area contributed by atoms with Crippen LogP contribution in [0.4, 0.5) is 10.5 Å². The predicted octanol–water partition coefficient (Wildman–Crippen LogP) is 2.97. The first-order valence-corrected chi connectivity index (χ1v) is 6.49. The average Bonchev–Trinajstić information content (AvgIpc) is 2.41. The summed E-state index contributed by atoms with van der Waals surface area (Å²) < 4.78 is 0. The van der Waals surface area contributed by atoms with E-state index in [1.807, 2.05) is 0 Å². The number of hydrogen-bond acceptors (Lipinski definition) is 4. The largest absolute Gasteiger partial charge is 0.437 e. The zero-order valence-electron chi connectivity index (χ0n) is 10.7. The number of rotatable bonds is 2. The van der Waals surface area contributed by atoms with Gasteiger partial charge in [0.15, 0.2) is 0 Å². The highest BCUT2D eigenvalue weighted by Gasteiger charge is 2.12. The number of oxime groups is 1. The molecule has 0 saturated carbocycles. The fourth-order valence-electron chi connectivity index (χ4n) is 1.75. The van der Waals surface area contributed by atoms with Crippen molar-refractivity contribution in [3.05, 3.63) is 29.3 Å². The Morgan fingerprint density at radius 2 is 1.95 bits per heavy atom. The van der Waals surface area contributed by atoms with Gasteiger partial charge < -0.3 is 4.90 Å². The summed E-state index contributed by atoms with van der Waals surface area (Å²) in [7, 11) is 2.06. The molecular formula is C13H16ClN3O2. The number of carbonyl (C=O) groups excluding carboxylic acids is 1. The molecule has 5 nitrogen and oxygen atoms in total. The number of likely N-dealkylation sites (tertiary alicyclic amines) is 1. The Kier molecular flexibility index (Phi) is 4.76. The van der Waals surface area contributed by atoms with Crippen LogP contribution in [0, 0.1) is 0 Å². The fourth-order valence-corrected chi connectivity index (χ4v) is 1.87. The number of hydrogen-bond donors (Lipinski definition) is 1. The SMILES string of the molecule is CN1CCC(=NOC(=O)Nc2ccc(Cl)cc2)CC1. The number of amides is 1. The monoisotopic (exact) mass is 281 g/mol. The van der Waals surface area contributed by atoms with Gasteiger partial charge in [-0.2, -0.15) is 0 Å². The molecule has 102 valence electrons. The van der Waals surface area contributed by atoms with Crippen molar-refractivity contribution in [3.8, 4) is 0 Å². The van der Waals surface area contributed by atoms with Crippen molar-refractivity contribution in [2.45, 2.75) is 12.8 Å². The van der Waals surface area contributed by atoms with E-state index in [0.29, 0.717) is 10.7 Å². The predicted molar refractivity (Wildman–Crippen MR) is 75.7 cm³/mol. The summed E-state index contributed by atoms with van der Waals surface area (Å²) in [6.07, 6.45) is 1.09. The Hall–Kier alpha value is -1.59. The van der Waals surface area contributed by atoms with Crippen molar-refractivity contribution in [2.24, 2.45) is 5.16 Å². The summed E-state index contributed by atoms with van der Waals surface area (Å²) in [5.74, 6) is 0. The van der Waals surface area contributed by atoms with Gasteiger partial charge >= 0.3 is 6.09 Å². The van der Waals surface area contributed by atoms with E-state index in [-0.39, 0.29) is 0 Å². The number of nitrogens with one attached hydrogen (secondary N) is 1. The highest BCUT2D eigenvalue weighted by molar-refractivity contribution is 6.30. The molecule has 1 amide bonds. The van der Waals surface area contributed by atoms with E-state index in [1.165, 1.54) is 0 Å². The number of anilines is 1. The van der Waals surface area contributed by atoms with Gasteiger partial charge in [-0.05, 0) is 31.3 Å². The fraction of sp³-hybridized carbons (Fsp3) is 0.385. The summed E-state index contributed by atoms with van der Waals surface area (Å²) in [6, 6.07) is 6.79. The van der Waals surface area contributed by atoms with Gasteiger partial charge in [-0.25, -0.2) is 4.79 Å². The second-order valence-corrected chi connectivity index (χ2v) is 4.91. The number of halogens is 1. The lowest BCUT2D eigenvalue weighted by atomic mass is 10.1. The van der Waals surface area contributed by atoms with Gasteiger partial charge in [-0.15, -0.1) is 0 Å². The summed E-state index contributed by atoms with van der Waals surface area (Å²) in [5.41, 5.74) is 1.54. The molecule has 19 heavy (non-hydrogen) atoms. The Morgan fingerprint density at radius 1 is 1.32 bits per heavy atom. The van der Waals surface area contributed by atoms with Gasteiger partial charge in [0.2, 0.25) is 0 Å². The molecule has 6 heteroatoms. The van der Waals surface area contributed by atoms with E-state index in [0.717, 1.165) is 31.6 Å². The minimum atomic E-state index is -0.589. The minimum Gasteiger partial charge on any atom is -0.306 e. The van der Waals surface area contributed by atoms with Crippen LogP contribution in [0.25, 0.3) is 0 Å². The molecule has 0 spiro atoms. The van der Waals surface area contributed by atoms with Crippen molar-refractivity contribution in [3.63, 3.8) is 0 Å². The molecule has 1 saturated heterocycles. The molecule has 1 heterocycles. The normalized spacial score (nSPS) is 16.0. The Bertz CT molecular complexity index is 463. The average molecular weight is 282 g/mol. The molecule has 0 unspecified atom stereocenters. The molecule has 1 aromatic carbocycles. The quantitative estimate of drug-likeness (QED) is 0.670. The summed E-state index contributed by atoms with van der Waals surface area (Å²) in [6.45, 7) is 1.89. The maximum atomic E-state index is 11.5. The lowest BCUT2D eigenvalue weighted by Crippen LogP contribution is -2.30. The molecule has 1 fully saturated rings. The Balaban J connectivity index is 1.81. The van der Waals surface area contributed by atoms with E-state index in [2.05, 4.69) is 22.4 Å². The number of nitrogens with zero attached hydrogens (tertiary/aromatic N) is 2. The Labute approximate surface area is 117 Å². The van der Waals surface area contributed by atoms with Gasteiger partial charge in [-0.3, -0.25) is 10.2 Å². The van der Waals surface area contributed by atoms with Gasteiger partial charge in [0.1, 0.15) is 0 Å². The number of piperidine rings is 1. The van der Waals surface area contributed by atoms with Crippen LogP contribution < -0.4 is 5.32 Å². The second kappa shape index (κ2) is 6.54. The van der Waals surface area contributed by atoms with Gasteiger partial charge in [0.25, 0.3) is 0 Å². The summed E-state index contributed by atoms with van der Waals surface area (Å²) >= 11 is 5.75. The lowest BCUT2D eigenvalue weighted by Gasteiger charge is -2.22. The highest BCUT2D eigenvalue weighted by Crippen LogP contribution is 2.13. The maximum absolute atomic E-state index is 11.5. The van der Waals surface area contributed by atoms with Crippen LogP contribution in [0.2, 0.25) is 5.02 Å². The van der Waals surface area contributed by atoms with Crippen molar-refractivity contribution in [1.29, 1.82) is 0 Å². The molecule has 0 aromatic heterocycles. The maximum Gasteiger partial charge on any atom is 0.437 e. The van der Waals surface area contributed by atoms with Crippen molar-refractivity contribution in [2.75, 3.05) is 25.5 Å². The molecule has 1 N–H and O–H groups in total. The van der Waals surface area contributed by atoms with Crippen molar-refractivity contribution in [1.82, 2.24) is 4.90 Å². The highest BCUT2D eigenvalue weighted by atomic mass is 35.5. The molecular weight excluding hydrogens is 266 g/mol. The topological polar surface area (TPSA) is 53.9 Å². The molecule has 0 aliphatic carbocycles. The standard InChI is InChI=1S/C13H16ClN3O2/c1-17-8-6-12(7-9-17)16-19-13(18)15-11-4-2-10(14)3-5-11/h2-5H,6-9H2,1H3,(H,15,18). The van der Waals surface area contributed by atoms with Gasteiger partial charge in [0, 0.05) is 36.6 Å². The molecule has 2 rings (SSSR count). The van der Waals surface area contributed by atoms with E-state index < -0.39 is 6.09 Å². The number of carbonyl (C=O) groups is 1. The minimum absolute atomic E-state index is 0.589. The first-order valence-electron chi connectivity index (χ1n) is 6.11. The zero-order valence-corrected chi connectivity index (χ0v) is 11.5. The van der Waals surface area contributed by atoms with E-state index in [4.69, 9.17) is 16.4 Å². The van der Waals surface area contributed by atoms with E-state index in [1.54, 1.807) is 24.3 Å². The molecule has 0 bridgehead atoms. The smallest absolute Gasteiger partial charge is 0.306 e. The molecule has 1 aliphatic heterocycles. The Morgan fingerprint density at radius 3 is 2.58 bits per heavy atom. The van der Waals surface area contributed by atoms with Crippen LogP contribution in [0.1, 0.15) is 12.8 Å². The zero-order chi connectivity index (χ0) is 13.7. The summed E-state index contributed by atoms with van der Waals surface area (Å²) in [4.78, 5) is 18.6. The summed E-state index contributed by atoms with van der Waals surface area (Å²) in [5, 5.41) is 7.08. The third-order valence-corrected chi connectivity index (χ3v) is 3.16. The van der Waals surface area contributed by atoms with Crippen LogP contribution in [0.15, 0.2) is 29.4 Å². The molecule has 0 radical (unpaired) electrons. The van der Waals surface area contributed by atoms with E-state index >= 15 is 0 Å². The third-order valence-electron chi connectivity index (χ3n) is 2.91. The lowest BCUT2D eigenvalue weighted by molar-refractivity contribution is 0.165. The van der Waals surface area contributed by atoms with E-state index in [9.17, 15) is 4.79 Å². The van der Waals surface area contributed by atoms with Crippen LogP contribution in [-0.4, -0.2) is 36.8 Å². The van der Waals surface area contributed by atoms with Gasteiger partial charge in [0.05, 0.1) is 5.71 Å². The van der Waals surface area contributed by atoms with Crippen LogP contribution >= 0.6 is 11.6 Å². The number of benzene rings is 1. The molecule has 1 aromatic rings. The molecule has 1 aliphatic rings. The van der Waals surface area contributed by atoms with Crippen LogP contribution in [-0.2, 0) is 4.84 Å².